The van der Waals surface area contributed by atoms with E-state index in [1.54, 1.807) is 12.1 Å². The summed E-state index contributed by atoms with van der Waals surface area (Å²) in [6.45, 7) is 1.10. The number of anilines is 1. The van der Waals surface area contributed by atoms with Crippen molar-refractivity contribution in [2.24, 2.45) is 0 Å². The highest BCUT2D eigenvalue weighted by Crippen LogP contribution is 2.28. The Balaban J connectivity index is 1.88. The molecule has 0 amide bonds. The Morgan fingerprint density at radius 2 is 2.15 bits per heavy atom. The first-order valence-corrected chi connectivity index (χ1v) is 6.88. The highest BCUT2D eigenvalue weighted by molar-refractivity contribution is 5.64. The van der Waals surface area contributed by atoms with E-state index in [-0.39, 0.29) is 5.69 Å². The standard InChI is InChI=1S/C14H20N2O4/c1-19-12-6-7-14(16(17)18)13(10-12)15-8-9-20-11-4-2-3-5-11/h6-7,10-11,15H,2-5,8-9H2,1H3. The fourth-order valence-corrected chi connectivity index (χ4v) is 2.41. The molecule has 6 heteroatoms. The van der Waals surface area contributed by atoms with Crippen molar-refractivity contribution in [1.29, 1.82) is 0 Å². The largest absolute Gasteiger partial charge is 0.497 e. The predicted molar refractivity (Wildman–Crippen MR) is 76.3 cm³/mol. The van der Waals surface area contributed by atoms with Crippen LogP contribution in [0.25, 0.3) is 0 Å². The average molecular weight is 280 g/mol. The number of nitro benzene ring substituents is 1. The topological polar surface area (TPSA) is 73.6 Å². The van der Waals surface area contributed by atoms with Gasteiger partial charge in [0, 0.05) is 18.7 Å². The molecule has 1 aliphatic carbocycles. The highest BCUT2D eigenvalue weighted by Gasteiger charge is 2.16. The maximum absolute atomic E-state index is 11.0. The molecule has 1 aromatic rings. The van der Waals surface area contributed by atoms with Gasteiger partial charge >= 0.3 is 0 Å². The molecule has 0 radical (unpaired) electrons. The smallest absolute Gasteiger partial charge is 0.292 e. The molecule has 0 aromatic heterocycles. The molecular formula is C14H20N2O4. The first-order chi connectivity index (χ1) is 9.70. The summed E-state index contributed by atoms with van der Waals surface area (Å²) >= 11 is 0. The van der Waals surface area contributed by atoms with Crippen molar-refractivity contribution in [3.05, 3.63) is 28.3 Å². The van der Waals surface area contributed by atoms with E-state index in [1.165, 1.54) is 26.0 Å². The summed E-state index contributed by atoms with van der Waals surface area (Å²) in [6, 6.07) is 4.66. The summed E-state index contributed by atoms with van der Waals surface area (Å²) < 4.78 is 10.8. The Morgan fingerprint density at radius 1 is 1.40 bits per heavy atom. The van der Waals surface area contributed by atoms with Gasteiger partial charge in [0.15, 0.2) is 0 Å². The molecule has 1 aromatic carbocycles. The van der Waals surface area contributed by atoms with E-state index in [0.717, 1.165) is 12.8 Å². The van der Waals surface area contributed by atoms with Crippen LogP contribution in [0.15, 0.2) is 18.2 Å². The van der Waals surface area contributed by atoms with Gasteiger partial charge in [0.2, 0.25) is 0 Å². The fraction of sp³-hybridized carbons (Fsp3) is 0.571. The second-order valence-corrected chi connectivity index (χ2v) is 4.84. The monoisotopic (exact) mass is 280 g/mol. The second-order valence-electron chi connectivity index (χ2n) is 4.84. The molecule has 20 heavy (non-hydrogen) atoms. The average Bonchev–Trinajstić information content (AvgIpc) is 2.96. The molecule has 1 aliphatic rings. The normalized spacial score (nSPS) is 15.2. The number of nitrogens with zero attached hydrogens (tertiary/aromatic N) is 1. The van der Waals surface area contributed by atoms with Crippen LogP contribution < -0.4 is 10.1 Å². The van der Waals surface area contributed by atoms with Crippen molar-refractivity contribution in [2.75, 3.05) is 25.6 Å². The summed E-state index contributed by atoms with van der Waals surface area (Å²) in [6.07, 6.45) is 5.08. The van der Waals surface area contributed by atoms with Crippen LogP contribution in [0.3, 0.4) is 0 Å². The van der Waals surface area contributed by atoms with Crippen molar-refractivity contribution in [1.82, 2.24) is 0 Å². The molecule has 0 bridgehead atoms. The Morgan fingerprint density at radius 3 is 2.80 bits per heavy atom. The zero-order valence-corrected chi connectivity index (χ0v) is 11.6. The SMILES string of the molecule is COc1ccc([N+](=O)[O-])c(NCCOC2CCCC2)c1. The van der Waals surface area contributed by atoms with Gasteiger partial charge in [-0.2, -0.15) is 0 Å². The summed E-state index contributed by atoms with van der Waals surface area (Å²) in [4.78, 5) is 10.6. The molecule has 1 N–H and O–H groups in total. The Labute approximate surface area is 118 Å². The molecule has 6 nitrogen and oxygen atoms in total. The van der Waals surface area contributed by atoms with Gasteiger partial charge in [-0.1, -0.05) is 12.8 Å². The lowest BCUT2D eigenvalue weighted by Gasteiger charge is -2.12. The molecular weight excluding hydrogens is 260 g/mol. The predicted octanol–water partition coefficient (Wildman–Crippen LogP) is 2.97. The van der Waals surface area contributed by atoms with E-state index in [4.69, 9.17) is 9.47 Å². The number of hydrogen-bond donors (Lipinski definition) is 1. The third kappa shape index (κ3) is 3.84. The molecule has 0 aliphatic heterocycles. The molecule has 0 saturated heterocycles. The van der Waals surface area contributed by atoms with Crippen LogP contribution in [-0.2, 0) is 4.74 Å². The van der Waals surface area contributed by atoms with Crippen LogP contribution in [-0.4, -0.2) is 31.3 Å². The summed E-state index contributed by atoms with van der Waals surface area (Å²) in [5.41, 5.74) is 0.510. The quantitative estimate of drug-likeness (QED) is 0.472. The molecule has 110 valence electrons. The minimum atomic E-state index is -0.403. The zero-order valence-electron chi connectivity index (χ0n) is 11.6. The molecule has 2 rings (SSSR count). The number of rotatable bonds is 7. The van der Waals surface area contributed by atoms with Crippen LogP contribution in [0, 0.1) is 10.1 Å². The van der Waals surface area contributed by atoms with E-state index in [1.807, 2.05) is 0 Å². The first-order valence-electron chi connectivity index (χ1n) is 6.88. The van der Waals surface area contributed by atoms with Gasteiger partial charge < -0.3 is 14.8 Å². The Hall–Kier alpha value is -1.82. The number of nitro groups is 1. The van der Waals surface area contributed by atoms with Gasteiger partial charge in [-0.25, -0.2) is 0 Å². The van der Waals surface area contributed by atoms with E-state index in [2.05, 4.69) is 5.32 Å². The molecule has 1 fully saturated rings. The highest BCUT2D eigenvalue weighted by atomic mass is 16.6. The van der Waals surface area contributed by atoms with E-state index >= 15 is 0 Å². The van der Waals surface area contributed by atoms with Crippen molar-refractivity contribution in [3.63, 3.8) is 0 Å². The summed E-state index contributed by atoms with van der Waals surface area (Å²) in [7, 11) is 1.54. The Kier molecular flexibility index (Phi) is 5.17. The van der Waals surface area contributed by atoms with E-state index in [9.17, 15) is 10.1 Å². The van der Waals surface area contributed by atoms with Crippen LogP contribution in [0.4, 0.5) is 11.4 Å². The van der Waals surface area contributed by atoms with Crippen LogP contribution in [0.1, 0.15) is 25.7 Å². The number of benzene rings is 1. The number of methoxy groups -OCH3 is 1. The second kappa shape index (κ2) is 7.09. The molecule has 0 heterocycles. The fourth-order valence-electron chi connectivity index (χ4n) is 2.41. The van der Waals surface area contributed by atoms with Crippen molar-refractivity contribution < 1.29 is 14.4 Å². The third-order valence-corrected chi connectivity index (χ3v) is 3.47. The van der Waals surface area contributed by atoms with Crippen molar-refractivity contribution >= 4 is 11.4 Å². The maximum Gasteiger partial charge on any atom is 0.292 e. The van der Waals surface area contributed by atoms with E-state index < -0.39 is 4.92 Å². The molecule has 0 spiro atoms. The minimum absolute atomic E-state index is 0.0478. The van der Waals surface area contributed by atoms with Gasteiger partial charge in [0.1, 0.15) is 11.4 Å². The van der Waals surface area contributed by atoms with Crippen LogP contribution >= 0.6 is 0 Å². The first kappa shape index (κ1) is 14.6. The molecule has 0 unspecified atom stereocenters. The lowest BCUT2D eigenvalue weighted by atomic mass is 10.2. The number of hydrogen-bond acceptors (Lipinski definition) is 5. The minimum Gasteiger partial charge on any atom is -0.497 e. The van der Waals surface area contributed by atoms with Gasteiger partial charge in [0.25, 0.3) is 5.69 Å². The van der Waals surface area contributed by atoms with Gasteiger partial charge in [-0.15, -0.1) is 0 Å². The summed E-state index contributed by atoms with van der Waals surface area (Å²) in [5.74, 6) is 0.592. The number of nitrogens with one attached hydrogen (secondary N) is 1. The summed E-state index contributed by atoms with van der Waals surface area (Å²) in [5, 5.41) is 14.0. The van der Waals surface area contributed by atoms with Gasteiger partial charge in [-0.05, 0) is 18.9 Å². The number of ether oxygens (including phenoxy) is 2. The zero-order chi connectivity index (χ0) is 14.4. The van der Waals surface area contributed by atoms with Crippen molar-refractivity contribution in [3.8, 4) is 5.75 Å². The lowest BCUT2D eigenvalue weighted by Crippen LogP contribution is -2.15. The van der Waals surface area contributed by atoms with Gasteiger partial charge in [-0.3, -0.25) is 10.1 Å². The van der Waals surface area contributed by atoms with Crippen LogP contribution in [0.2, 0.25) is 0 Å². The molecule has 0 atom stereocenters. The molecule has 1 saturated carbocycles. The Bertz CT molecular complexity index is 458. The van der Waals surface area contributed by atoms with E-state index in [0.29, 0.717) is 30.7 Å². The van der Waals surface area contributed by atoms with Crippen molar-refractivity contribution in [2.45, 2.75) is 31.8 Å². The maximum atomic E-state index is 11.0. The lowest BCUT2D eigenvalue weighted by molar-refractivity contribution is -0.384. The third-order valence-electron chi connectivity index (χ3n) is 3.47. The van der Waals surface area contributed by atoms with Crippen LogP contribution in [0.5, 0.6) is 5.75 Å². The van der Waals surface area contributed by atoms with Gasteiger partial charge in [0.05, 0.1) is 24.7 Å².